The van der Waals surface area contributed by atoms with Crippen LogP contribution in [0.15, 0.2) is 24.3 Å². The van der Waals surface area contributed by atoms with Gasteiger partial charge in [0.15, 0.2) is 0 Å². The van der Waals surface area contributed by atoms with E-state index in [0.29, 0.717) is 12.1 Å². The number of hydrogen-bond acceptors (Lipinski definition) is 1. The predicted molar refractivity (Wildman–Crippen MR) is 63.3 cm³/mol. The Kier molecular flexibility index (Phi) is 4.74. The second-order valence-corrected chi connectivity index (χ2v) is 4.55. The largest absolute Gasteiger partial charge is 0.342 e. The smallest absolute Gasteiger partial charge is 0.253 e. The van der Waals surface area contributed by atoms with E-state index >= 15 is 0 Å². The lowest BCUT2D eigenvalue weighted by molar-refractivity contribution is 0.0793. The van der Waals surface area contributed by atoms with Gasteiger partial charge in [-0.25, -0.2) is 4.39 Å². The number of nitrogens with zero attached hydrogens (tertiary/aromatic N) is 1. The number of carbonyl (C=O) groups is 1. The summed E-state index contributed by atoms with van der Waals surface area (Å²) in [6.07, 6.45) is 0.741. The first-order chi connectivity index (χ1) is 7.50. The summed E-state index contributed by atoms with van der Waals surface area (Å²) in [4.78, 5) is 13.4. The normalized spacial score (nSPS) is 12.2. The van der Waals surface area contributed by atoms with Gasteiger partial charge in [0, 0.05) is 24.5 Å². The highest BCUT2D eigenvalue weighted by molar-refractivity contribution is 6.20. The molecule has 0 aliphatic rings. The van der Waals surface area contributed by atoms with Gasteiger partial charge in [0.05, 0.1) is 0 Å². The lowest BCUT2D eigenvalue weighted by atomic mass is 10.2. The number of benzene rings is 1. The fourth-order valence-electron chi connectivity index (χ4n) is 1.29. The van der Waals surface area contributed by atoms with E-state index in [-0.39, 0.29) is 17.1 Å². The third kappa shape index (κ3) is 3.81. The van der Waals surface area contributed by atoms with E-state index in [1.165, 1.54) is 24.3 Å². The summed E-state index contributed by atoms with van der Waals surface area (Å²) >= 11 is 5.81. The molecule has 0 radical (unpaired) electrons. The molecule has 0 fully saturated rings. The first-order valence-corrected chi connectivity index (χ1v) is 5.59. The topological polar surface area (TPSA) is 20.3 Å². The predicted octanol–water partition coefficient (Wildman–Crippen LogP) is 2.92. The van der Waals surface area contributed by atoms with Crippen LogP contribution in [0.1, 0.15) is 23.7 Å². The maximum atomic E-state index is 12.7. The van der Waals surface area contributed by atoms with Gasteiger partial charge in [-0.1, -0.05) is 0 Å². The lowest BCUT2D eigenvalue weighted by Gasteiger charge is -2.17. The van der Waals surface area contributed by atoms with Crippen LogP contribution in [0, 0.1) is 5.82 Å². The second kappa shape index (κ2) is 5.85. The van der Waals surface area contributed by atoms with Crippen LogP contribution in [-0.4, -0.2) is 29.8 Å². The van der Waals surface area contributed by atoms with Crippen LogP contribution in [0.5, 0.6) is 0 Å². The van der Waals surface area contributed by atoms with Crippen LogP contribution >= 0.6 is 11.6 Å². The van der Waals surface area contributed by atoms with Crippen LogP contribution in [0.4, 0.5) is 4.39 Å². The summed E-state index contributed by atoms with van der Waals surface area (Å²) < 4.78 is 12.7. The van der Waals surface area contributed by atoms with Crippen molar-refractivity contribution >= 4 is 17.5 Å². The highest BCUT2D eigenvalue weighted by Gasteiger charge is 2.11. The molecule has 1 aromatic rings. The Morgan fingerprint density at radius 2 is 2.00 bits per heavy atom. The minimum atomic E-state index is -0.339. The van der Waals surface area contributed by atoms with Crippen LogP contribution < -0.4 is 0 Å². The lowest BCUT2D eigenvalue weighted by Crippen LogP contribution is -2.28. The van der Waals surface area contributed by atoms with Crippen molar-refractivity contribution in [3.63, 3.8) is 0 Å². The zero-order valence-corrected chi connectivity index (χ0v) is 10.2. The summed E-state index contributed by atoms with van der Waals surface area (Å²) in [7, 11) is 1.71. The maximum absolute atomic E-state index is 12.7. The van der Waals surface area contributed by atoms with Crippen molar-refractivity contribution in [2.45, 2.75) is 18.7 Å². The Morgan fingerprint density at radius 3 is 2.50 bits per heavy atom. The molecule has 88 valence electrons. The van der Waals surface area contributed by atoms with Gasteiger partial charge in [-0.15, -0.1) is 11.6 Å². The highest BCUT2D eigenvalue weighted by atomic mass is 35.5. The zero-order valence-electron chi connectivity index (χ0n) is 9.41. The Labute approximate surface area is 100 Å². The number of alkyl halides is 1. The molecule has 2 nitrogen and oxygen atoms in total. The molecule has 0 spiro atoms. The fourth-order valence-corrected chi connectivity index (χ4v) is 1.38. The third-order valence-electron chi connectivity index (χ3n) is 2.30. The molecular formula is C12H15ClFNO. The molecule has 0 saturated carbocycles. The van der Waals surface area contributed by atoms with Crippen molar-refractivity contribution in [1.29, 1.82) is 0 Å². The van der Waals surface area contributed by atoms with Crippen LogP contribution in [-0.2, 0) is 0 Å². The molecule has 16 heavy (non-hydrogen) atoms. The van der Waals surface area contributed by atoms with Gasteiger partial charge in [-0.2, -0.15) is 0 Å². The van der Waals surface area contributed by atoms with Gasteiger partial charge in [-0.3, -0.25) is 4.79 Å². The highest BCUT2D eigenvalue weighted by Crippen LogP contribution is 2.07. The van der Waals surface area contributed by atoms with Crippen molar-refractivity contribution < 1.29 is 9.18 Å². The quantitative estimate of drug-likeness (QED) is 0.745. The Morgan fingerprint density at radius 1 is 1.44 bits per heavy atom. The van der Waals surface area contributed by atoms with Crippen molar-refractivity contribution in [1.82, 2.24) is 4.90 Å². The molecule has 4 heteroatoms. The van der Waals surface area contributed by atoms with Gasteiger partial charge in [0.1, 0.15) is 5.82 Å². The molecule has 0 bridgehead atoms. The van der Waals surface area contributed by atoms with Crippen molar-refractivity contribution in [3.05, 3.63) is 35.6 Å². The molecule has 0 heterocycles. The van der Waals surface area contributed by atoms with E-state index in [0.717, 1.165) is 6.42 Å². The first kappa shape index (κ1) is 13.0. The minimum Gasteiger partial charge on any atom is -0.342 e. The summed E-state index contributed by atoms with van der Waals surface area (Å²) in [5.74, 6) is -0.453. The van der Waals surface area contributed by atoms with Crippen molar-refractivity contribution in [2.24, 2.45) is 0 Å². The van der Waals surface area contributed by atoms with Crippen LogP contribution in [0.3, 0.4) is 0 Å². The Bertz CT molecular complexity index is 351. The SMILES string of the molecule is CC(Cl)CCN(C)C(=O)c1ccc(F)cc1. The number of halogens is 2. The molecule has 1 amide bonds. The molecule has 0 N–H and O–H groups in total. The van der Waals surface area contributed by atoms with Gasteiger partial charge in [0.25, 0.3) is 5.91 Å². The second-order valence-electron chi connectivity index (χ2n) is 3.80. The fraction of sp³-hybridized carbons (Fsp3) is 0.417. The molecule has 0 aromatic heterocycles. The molecule has 1 unspecified atom stereocenters. The van der Waals surface area contributed by atoms with Crippen LogP contribution in [0.2, 0.25) is 0 Å². The first-order valence-electron chi connectivity index (χ1n) is 5.16. The molecule has 0 aliphatic heterocycles. The van der Waals surface area contributed by atoms with E-state index in [1.54, 1.807) is 11.9 Å². The monoisotopic (exact) mass is 243 g/mol. The molecule has 1 atom stereocenters. The van der Waals surface area contributed by atoms with E-state index in [2.05, 4.69) is 0 Å². The molecular weight excluding hydrogens is 229 g/mol. The molecule has 1 aromatic carbocycles. The minimum absolute atomic E-state index is 0.0449. The van der Waals surface area contributed by atoms with E-state index < -0.39 is 0 Å². The zero-order chi connectivity index (χ0) is 12.1. The Balaban J connectivity index is 2.60. The molecule has 0 saturated heterocycles. The molecule has 0 aliphatic carbocycles. The van der Waals surface area contributed by atoms with E-state index in [1.807, 2.05) is 6.92 Å². The third-order valence-corrected chi connectivity index (χ3v) is 2.52. The maximum Gasteiger partial charge on any atom is 0.253 e. The van der Waals surface area contributed by atoms with Gasteiger partial charge >= 0.3 is 0 Å². The van der Waals surface area contributed by atoms with Crippen LogP contribution in [0.25, 0.3) is 0 Å². The average Bonchev–Trinajstić information content (AvgIpc) is 2.26. The summed E-state index contributed by atoms with van der Waals surface area (Å²) in [5.41, 5.74) is 0.492. The van der Waals surface area contributed by atoms with Crippen molar-refractivity contribution in [2.75, 3.05) is 13.6 Å². The number of carbonyl (C=O) groups excluding carboxylic acids is 1. The standard InChI is InChI=1S/C12H15ClFNO/c1-9(13)7-8-15(2)12(16)10-3-5-11(14)6-4-10/h3-6,9H,7-8H2,1-2H3. The number of rotatable bonds is 4. The van der Waals surface area contributed by atoms with Gasteiger partial charge in [-0.05, 0) is 37.6 Å². The average molecular weight is 244 g/mol. The molecule has 1 rings (SSSR count). The van der Waals surface area contributed by atoms with Gasteiger partial charge < -0.3 is 4.90 Å². The summed E-state index contributed by atoms with van der Waals surface area (Å²) in [6.45, 7) is 2.48. The summed E-state index contributed by atoms with van der Waals surface area (Å²) in [6, 6.07) is 5.53. The summed E-state index contributed by atoms with van der Waals surface area (Å²) in [5, 5.41) is 0.0449. The Hall–Kier alpha value is -1.09. The number of amides is 1. The van der Waals surface area contributed by atoms with Gasteiger partial charge in [0.2, 0.25) is 0 Å². The van der Waals surface area contributed by atoms with E-state index in [4.69, 9.17) is 11.6 Å². The number of hydrogen-bond donors (Lipinski definition) is 0. The van der Waals surface area contributed by atoms with Crippen molar-refractivity contribution in [3.8, 4) is 0 Å². The van der Waals surface area contributed by atoms with E-state index in [9.17, 15) is 9.18 Å².